The van der Waals surface area contributed by atoms with E-state index < -0.39 is 0 Å². The molecular formula is C23H24N2O3. The summed E-state index contributed by atoms with van der Waals surface area (Å²) >= 11 is 0. The van der Waals surface area contributed by atoms with E-state index in [-0.39, 0.29) is 29.6 Å². The number of carbonyl (C=O) groups is 3. The third kappa shape index (κ3) is 3.57. The van der Waals surface area contributed by atoms with E-state index in [4.69, 9.17) is 0 Å². The minimum Gasteiger partial charge on any atom is -0.352 e. The van der Waals surface area contributed by atoms with E-state index >= 15 is 0 Å². The van der Waals surface area contributed by atoms with Crippen LogP contribution in [0.2, 0.25) is 0 Å². The summed E-state index contributed by atoms with van der Waals surface area (Å²) in [4.78, 5) is 39.0. The number of nitrogens with zero attached hydrogens (tertiary/aromatic N) is 1. The van der Waals surface area contributed by atoms with Gasteiger partial charge in [0.15, 0.2) is 0 Å². The number of benzene rings is 2. The second-order valence-electron chi connectivity index (χ2n) is 7.55. The highest BCUT2D eigenvalue weighted by Gasteiger charge is 2.48. The molecule has 2 aromatic rings. The van der Waals surface area contributed by atoms with Crippen LogP contribution in [0.4, 0.5) is 5.69 Å². The van der Waals surface area contributed by atoms with Crippen molar-refractivity contribution < 1.29 is 14.4 Å². The molecule has 1 aliphatic heterocycles. The number of carbonyl (C=O) groups excluding carboxylic acids is 3. The molecule has 3 amide bonds. The standard InChI is InChI=1S/C23H24N2O3/c26-21(24-15-14-16-6-2-1-3-7-16)17-10-12-18(13-11-17)25-22(27)19-8-4-5-9-20(19)23(25)28/h1-3,6-7,10-13,19-20H,4-5,8-9,14-15H2,(H,24,26). The minimum absolute atomic E-state index is 0.0882. The van der Waals surface area contributed by atoms with E-state index in [9.17, 15) is 14.4 Å². The van der Waals surface area contributed by atoms with Crippen molar-refractivity contribution in [2.75, 3.05) is 11.4 Å². The molecule has 2 aliphatic rings. The Hall–Kier alpha value is -2.95. The van der Waals surface area contributed by atoms with Gasteiger partial charge >= 0.3 is 0 Å². The van der Waals surface area contributed by atoms with Crippen LogP contribution in [0, 0.1) is 11.8 Å². The Bertz CT molecular complexity index is 852. The molecule has 5 heteroatoms. The van der Waals surface area contributed by atoms with E-state index in [2.05, 4.69) is 5.32 Å². The van der Waals surface area contributed by atoms with Crippen molar-refractivity contribution in [3.05, 3.63) is 65.7 Å². The Balaban J connectivity index is 1.39. The summed E-state index contributed by atoms with van der Waals surface area (Å²) in [7, 11) is 0. The number of hydrogen-bond donors (Lipinski definition) is 1. The summed E-state index contributed by atoms with van der Waals surface area (Å²) in [6.45, 7) is 0.553. The third-order valence-electron chi connectivity index (χ3n) is 5.77. The lowest BCUT2D eigenvalue weighted by molar-refractivity contribution is -0.122. The van der Waals surface area contributed by atoms with Crippen molar-refractivity contribution in [2.45, 2.75) is 32.1 Å². The molecule has 4 rings (SSSR count). The molecular weight excluding hydrogens is 352 g/mol. The first-order valence-corrected chi connectivity index (χ1v) is 9.95. The summed E-state index contributed by atoms with van der Waals surface area (Å²) < 4.78 is 0. The molecule has 144 valence electrons. The predicted octanol–water partition coefficient (Wildman–Crippen LogP) is 3.34. The largest absolute Gasteiger partial charge is 0.352 e. The molecule has 0 spiro atoms. The van der Waals surface area contributed by atoms with Gasteiger partial charge in [0.2, 0.25) is 11.8 Å². The monoisotopic (exact) mass is 376 g/mol. The van der Waals surface area contributed by atoms with Gasteiger partial charge in [-0.2, -0.15) is 0 Å². The van der Waals surface area contributed by atoms with Crippen molar-refractivity contribution in [3.63, 3.8) is 0 Å². The maximum absolute atomic E-state index is 12.7. The lowest BCUT2D eigenvalue weighted by Crippen LogP contribution is -2.31. The van der Waals surface area contributed by atoms with Crippen molar-refractivity contribution in [3.8, 4) is 0 Å². The van der Waals surface area contributed by atoms with Crippen molar-refractivity contribution >= 4 is 23.4 Å². The highest BCUT2D eigenvalue weighted by atomic mass is 16.2. The van der Waals surface area contributed by atoms with Gasteiger partial charge in [0, 0.05) is 12.1 Å². The zero-order chi connectivity index (χ0) is 19.5. The molecule has 2 unspecified atom stereocenters. The Morgan fingerprint density at radius 2 is 1.50 bits per heavy atom. The fourth-order valence-electron chi connectivity index (χ4n) is 4.25. The molecule has 2 fully saturated rings. The first-order chi connectivity index (χ1) is 13.6. The van der Waals surface area contributed by atoms with Crippen molar-refractivity contribution in [1.82, 2.24) is 5.32 Å². The van der Waals surface area contributed by atoms with Gasteiger partial charge in [-0.25, -0.2) is 0 Å². The smallest absolute Gasteiger partial charge is 0.251 e. The zero-order valence-corrected chi connectivity index (χ0v) is 15.8. The molecule has 28 heavy (non-hydrogen) atoms. The summed E-state index contributed by atoms with van der Waals surface area (Å²) in [6.07, 6.45) is 4.39. The van der Waals surface area contributed by atoms with Gasteiger partial charge in [0.1, 0.15) is 0 Å². The van der Waals surface area contributed by atoms with Crippen molar-refractivity contribution in [2.24, 2.45) is 11.8 Å². The van der Waals surface area contributed by atoms with Crippen LogP contribution in [0.5, 0.6) is 0 Å². The number of fused-ring (bicyclic) bond motifs is 1. The molecule has 2 aromatic carbocycles. The van der Waals surface area contributed by atoms with Crippen LogP contribution >= 0.6 is 0 Å². The number of amides is 3. The van der Waals surface area contributed by atoms with Crippen LogP contribution in [-0.4, -0.2) is 24.3 Å². The van der Waals surface area contributed by atoms with Gasteiger partial charge in [0.25, 0.3) is 5.91 Å². The summed E-state index contributed by atoms with van der Waals surface area (Å²) in [5.41, 5.74) is 2.25. The molecule has 1 aliphatic carbocycles. The van der Waals surface area contributed by atoms with E-state index in [0.29, 0.717) is 17.8 Å². The lowest BCUT2D eigenvalue weighted by Gasteiger charge is -2.19. The Morgan fingerprint density at radius 3 is 2.11 bits per heavy atom. The highest BCUT2D eigenvalue weighted by Crippen LogP contribution is 2.40. The van der Waals surface area contributed by atoms with Crippen LogP contribution in [0.15, 0.2) is 54.6 Å². The quantitative estimate of drug-likeness (QED) is 0.814. The molecule has 0 aromatic heterocycles. The summed E-state index contributed by atoms with van der Waals surface area (Å²) in [5.74, 6) is -0.663. The molecule has 2 atom stereocenters. The molecule has 1 saturated carbocycles. The Kier molecular flexibility index (Phi) is 5.24. The van der Waals surface area contributed by atoms with E-state index in [1.807, 2.05) is 30.3 Å². The number of nitrogens with one attached hydrogen (secondary N) is 1. The molecule has 1 N–H and O–H groups in total. The first kappa shape index (κ1) is 18.4. The van der Waals surface area contributed by atoms with Crippen LogP contribution < -0.4 is 10.2 Å². The second-order valence-corrected chi connectivity index (χ2v) is 7.55. The highest BCUT2D eigenvalue weighted by molar-refractivity contribution is 6.22. The fourth-order valence-corrected chi connectivity index (χ4v) is 4.25. The van der Waals surface area contributed by atoms with Crippen LogP contribution in [0.3, 0.4) is 0 Å². The van der Waals surface area contributed by atoms with Crippen molar-refractivity contribution in [1.29, 1.82) is 0 Å². The molecule has 0 bridgehead atoms. The molecule has 5 nitrogen and oxygen atoms in total. The number of anilines is 1. The number of imide groups is 1. The average Bonchev–Trinajstić information content (AvgIpc) is 2.99. The first-order valence-electron chi connectivity index (χ1n) is 9.95. The van der Waals surface area contributed by atoms with E-state index in [0.717, 1.165) is 32.1 Å². The van der Waals surface area contributed by atoms with E-state index in [1.54, 1.807) is 24.3 Å². The van der Waals surface area contributed by atoms with Gasteiger partial charge in [-0.3, -0.25) is 19.3 Å². The third-order valence-corrected chi connectivity index (χ3v) is 5.77. The average molecular weight is 376 g/mol. The van der Waals surface area contributed by atoms with Gasteiger partial charge in [-0.05, 0) is 49.1 Å². The molecule has 1 heterocycles. The topological polar surface area (TPSA) is 66.5 Å². The van der Waals surface area contributed by atoms with Gasteiger partial charge < -0.3 is 5.32 Å². The Morgan fingerprint density at radius 1 is 0.893 bits per heavy atom. The van der Waals surface area contributed by atoms with Crippen LogP contribution in [-0.2, 0) is 16.0 Å². The SMILES string of the molecule is O=C(NCCc1ccccc1)c1ccc(N2C(=O)C3CCCCC3C2=O)cc1. The summed E-state index contributed by atoms with van der Waals surface area (Å²) in [5, 5.41) is 2.91. The second kappa shape index (κ2) is 7.97. The van der Waals surface area contributed by atoms with Crippen LogP contribution in [0.1, 0.15) is 41.6 Å². The lowest BCUT2D eigenvalue weighted by atomic mass is 9.81. The maximum Gasteiger partial charge on any atom is 0.251 e. The van der Waals surface area contributed by atoms with Crippen LogP contribution in [0.25, 0.3) is 0 Å². The van der Waals surface area contributed by atoms with Gasteiger partial charge in [-0.1, -0.05) is 43.2 Å². The number of rotatable bonds is 5. The number of hydrogen-bond acceptors (Lipinski definition) is 3. The molecule has 0 radical (unpaired) electrons. The normalized spacial score (nSPS) is 21.5. The minimum atomic E-state index is -0.165. The maximum atomic E-state index is 12.7. The summed E-state index contributed by atoms with van der Waals surface area (Å²) in [6, 6.07) is 16.7. The predicted molar refractivity (Wildman–Crippen MR) is 107 cm³/mol. The van der Waals surface area contributed by atoms with Gasteiger partial charge in [-0.15, -0.1) is 0 Å². The van der Waals surface area contributed by atoms with E-state index in [1.165, 1.54) is 10.5 Å². The fraction of sp³-hybridized carbons (Fsp3) is 0.348. The Labute approximate surface area is 164 Å². The zero-order valence-electron chi connectivity index (χ0n) is 15.8. The van der Waals surface area contributed by atoms with Gasteiger partial charge in [0.05, 0.1) is 17.5 Å². The molecule has 1 saturated heterocycles.